The first kappa shape index (κ1) is 13.5. The number of anilines is 1. The molecule has 4 aromatic rings. The van der Waals surface area contributed by atoms with Gasteiger partial charge < -0.3 is 20.4 Å². The van der Waals surface area contributed by atoms with Crippen molar-refractivity contribution in [1.29, 1.82) is 0 Å². The summed E-state index contributed by atoms with van der Waals surface area (Å²) in [5.41, 5.74) is 10.1. The van der Waals surface area contributed by atoms with E-state index in [1.165, 1.54) is 0 Å². The Bertz CT molecular complexity index is 1090. The lowest BCUT2D eigenvalue weighted by atomic mass is 10.0. The van der Waals surface area contributed by atoms with Crippen LogP contribution in [-0.4, -0.2) is 17.1 Å². The molecule has 0 bridgehead atoms. The lowest BCUT2D eigenvalue weighted by molar-refractivity contribution is 0.415. The molecule has 2 aromatic heterocycles. The second-order valence-electron chi connectivity index (χ2n) is 5.40. The van der Waals surface area contributed by atoms with E-state index in [0.717, 1.165) is 27.5 Å². The number of benzene rings is 2. The number of aromatic nitrogens is 2. The topological polar surface area (TPSA) is 83.9 Å². The van der Waals surface area contributed by atoms with Crippen LogP contribution in [0, 0.1) is 0 Å². The van der Waals surface area contributed by atoms with Gasteiger partial charge in [-0.1, -0.05) is 30.3 Å². The molecule has 4 rings (SSSR count). The Morgan fingerprint density at radius 3 is 2.65 bits per heavy atom. The molecule has 0 aliphatic carbocycles. The summed E-state index contributed by atoms with van der Waals surface area (Å²) in [5.74, 6) is 0.714. The van der Waals surface area contributed by atoms with Crippen molar-refractivity contribution in [1.82, 2.24) is 9.97 Å². The van der Waals surface area contributed by atoms with Gasteiger partial charge in [-0.15, -0.1) is 0 Å². The van der Waals surface area contributed by atoms with Crippen molar-refractivity contribution in [2.24, 2.45) is 0 Å². The first-order valence-corrected chi connectivity index (χ1v) is 7.25. The van der Waals surface area contributed by atoms with Crippen LogP contribution in [0.25, 0.3) is 33.1 Å². The van der Waals surface area contributed by atoms with Gasteiger partial charge in [0.1, 0.15) is 11.4 Å². The highest BCUT2D eigenvalue weighted by Crippen LogP contribution is 2.35. The zero-order valence-electron chi connectivity index (χ0n) is 12.5. The number of hydrogen-bond acceptors (Lipinski definition) is 3. The van der Waals surface area contributed by atoms with Crippen molar-refractivity contribution < 1.29 is 4.74 Å². The molecule has 0 fully saturated rings. The maximum absolute atomic E-state index is 12.3. The summed E-state index contributed by atoms with van der Waals surface area (Å²) in [4.78, 5) is 18.5. The first-order chi connectivity index (χ1) is 11.2. The van der Waals surface area contributed by atoms with Gasteiger partial charge in [0.15, 0.2) is 0 Å². The van der Waals surface area contributed by atoms with Gasteiger partial charge in [0.2, 0.25) is 0 Å². The van der Waals surface area contributed by atoms with E-state index in [-0.39, 0.29) is 11.2 Å². The third-order valence-corrected chi connectivity index (χ3v) is 4.07. The second-order valence-corrected chi connectivity index (χ2v) is 5.40. The molecule has 114 valence electrons. The van der Waals surface area contributed by atoms with Crippen LogP contribution < -0.4 is 16.0 Å². The maximum atomic E-state index is 12.3. The number of pyridine rings is 1. The van der Waals surface area contributed by atoms with Gasteiger partial charge >= 0.3 is 0 Å². The minimum atomic E-state index is -0.292. The van der Waals surface area contributed by atoms with Gasteiger partial charge in [0, 0.05) is 16.5 Å². The van der Waals surface area contributed by atoms with Crippen LogP contribution in [0.5, 0.6) is 5.75 Å². The minimum absolute atomic E-state index is 0.192. The monoisotopic (exact) mass is 305 g/mol. The molecule has 5 nitrogen and oxygen atoms in total. The zero-order valence-corrected chi connectivity index (χ0v) is 12.5. The summed E-state index contributed by atoms with van der Waals surface area (Å²) in [6, 6.07) is 15.3. The van der Waals surface area contributed by atoms with E-state index in [1.54, 1.807) is 7.11 Å². The number of nitrogens with two attached hydrogens (primary N) is 1. The molecule has 0 saturated carbocycles. The van der Waals surface area contributed by atoms with Crippen LogP contribution in [0.3, 0.4) is 0 Å². The molecule has 0 unspecified atom stereocenters. The van der Waals surface area contributed by atoms with Crippen LogP contribution >= 0.6 is 0 Å². The fourth-order valence-corrected chi connectivity index (χ4v) is 2.97. The number of hydrogen-bond donors (Lipinski definition) is 3. The minimum Gasteiger partial charge on any atom is -0.497 e. The predicted octanol–water partition coefficient (Wildman–Crippen LogP) is 3.27. The van der Waals surface area contributed by atoms with Crippen molar-refractivity contribution in [2.75, 3.05) is 12.8 Å². The number of fused-ring (bicyclic) bond motifs is 3. The molecule has 0 radical (unpaired) electrons. The second kappa shape index (κ2) is 4.91. The smallest absolute Gasteiger partial charge is 0.272 e. The van der Waals surface area contributed by atoms with E-state index in [9.17, 15) is 4.79 Å². The average molecular weight is 305 g/mol. The summed E-state index contributed by atoms with van der Waals surface area (Å²) in [5, 5.41) is 0.962. The molecule has 5 heteroatoms. The fraction of sp³-hybridized carbons (Fsp3) is 0.0556. The van der Waals surface area contributed by atoms with Gasteiger partial charge in [-0.3, -0.25) is 4.79 Å². The predicted molar refractivity (Wildman–Crippen MR) is 92.8 cm³/mol. The number of methoxy groups -OCH3 is 1. The Morgan fingerprint density at radius 2 is 1.83 bits per heavy atom. The molecule has 2 heterocycles. The summed E-state index contributed by atoms with van der Waals surface area (Å²) in [6.45, 7) is 0. The first-order valence-electron chi connectivity index (χ1n) is 7.25. The molecular formula is C18H15N3O2. The molecular weight excluding hydrogens is 290 g/mol. The Hall–Kier alpha value is -3.21. The third kappa shape index (κ3) is 1.97. The molecule has 0 saturated heterocycles. The van der Waals surface area contributed by atoms with E-state index in [1.807, 2.05) is 48.5 Å². The van der Waals surface area contributed by atoms with Crippen LogP contribution in [-0.2, 0) is 0 Å². The standard InChI is InChI=1S/C18H15N3O2/c1-23-11-6-4-5-10(9-11)14-15(19)18(22)21-16-12-7-2-3-8-13(12)20-17(14)16/h2-9,20H,19H2,1H3,(H,21,22). The number of aromatic amines is 2. The summed E-state index contributed by atoms with van der Waals surface area (Å²) >= 11 is 0. The van der Waals surface area contributed by atoms with Gasteiger partial charge in [0.05, 0.1) is 18.1 Å². The molecule has 4 N–H and O–H groups in total. The van der Waals surface area contributed by atoms with Crippen molar-refractivity contribution in [3.8, 4) is 16.9 Å². The number of rotatable bonds is 2. The molecule has 0 aliphatic rings. The number of nitrogen functional groups attached to an aromatic ring is 1. The third-order valence-electron chi connectivity index (χ3n) is 4.07. The van der Waals surface area contributed by atoms with Crippen molar-refractivity contribution in [3.63, 3.8) is 0 Å². The SMILES string of the molecule is COc1cccc(-c2c(N)c(=O)[nH]c3c2[nH]c2ccccc23)c1. The van der Waals surface area contributed by atoms with E-state index >= 15 is 0 Å². The highest BCUT2D eigenvalue weighted by Gasteiger charge is 2.16. The van der Waals surface area contributed by atoms with Gasteiger partial charge in [-0.2, -0.15) is 0 Å². The van der Waals surface area contributed by atoms with E-state index in [4.69, 9.17) is 10.5 Å². The van der Waals surface area contributed by atoms with Gasteiger partial charge in [-0.05, 0) is 23.8 Å². The highest BCUT2D eigenvalue weighted by atomic mass is 16.5. The van der Waals surface area contributed by atoms with Crippen molar-refractivity contribution in [2.45, 2.75) is 0 Å². The number of ether oxygens (including phenoxy) is 1. The largest absolute Gasteiger partial charge is 0.497 e. The molecule has 0 amide bonds. The number of para-hydroxylation sites is 1. The van der Waals surface area contributed by atoms with E-state index in [2.05, 4.69) is 9.97 Å². The van der Waals surface area contributed by atoms with Gasteiger partial charge in [0.25, 0.3) is 5.56 Å². The van der Waals surface area contributed by atoms with E-state index < -0.39 is 0 Å². The Kier molecular flexibility index (Phi) is 2.87. The number of nitrogens with one attached hydrogen (secondary N) is 2. The van der Waals surface area contributed by atoms with Crippen LogP contribution in [0.1, 0.15) is 0 Å². The highest BCUT2D eigenvalue weighted by molar-refractivity contribution is 6.11. The quantitative estimate of drug-likeness (QED) is 0.531. The summed E-state index contributed by atoms with van der Waals surface area (Å²) < 4.78 is 5.28. The van der Waals surface area contributed by atoms with Crippen molar-refractivity contribution >= 4 is 27.6 Å². The van der Waals surface area contributed by atoms with Gasteiger partial charge in [-0.25, -0.2) is 0 Å². The average Bonchev–Trinajstić information content (AvgIpc) is 2.94. The molecule has 0 spiro atoms. The molecule has 2 aromatic carbocycles. The van der Waals surface area contributed by atoms with Crippen molar-refractivity contribution in [3.05, 3.63) is 58.9 Å². The molecule has 0 atom stereocenters. The Balaban J connectivity index is 2.16. The normalized spacial score (nSPS) is 11.2. The van der Waals surface area contributed by atoms with Crippen LogP contribution in [0.4, 0.5) is 5.69 Å². The zero-order chi connectivity index (χ0) is 16.0. The Morgan fingerprint density at radius 1 is 1.00 bits per heavy atom. The fourth-order valence-electron chi connectivity index (χ4n) is 2.97. The molecule has 23 heavy (non-hydrogen) atoms. The number of H-pyrrole nitrogens is 2. The summed E-state index contributed by atoms with van der Waals surface area (Å²) in [6.07, 6.45) is 0. The Labute approximate surface area is 131 Å². The molecule has 0 aliphatic heterocycles. The lowest BCUT2D eigenvalue weighted by Gasteiger charge is -2.09. The van der Waals surface area contributed by atoms with Crippen LogP contribution in [0.2, 0.25) is 0 Å². The van der Waals surface area contributed by atoms with E-state index in [0.29, 0.717) is 11.3 Å². The lowest BCUT2D eigenvalue weighted by Crippen LogP contribution is -2.13. The summed E-state index contributed by atoms with van der Waals surface area (Å²) in [7, 11) is 1.61. The van der Waals surface area contributed by atoms with Crippen LogP contribution in [0.15, 0.2) is 53.3 Å². The maximum Gasteiger partial charge on any atom is 0.272 e.